The van der Waals surface area contributed by atoms with Gasteiger partial charge in [-0.15, -0.1) is 0 Å². The topological polar surface area (TPSA) is 50.7 Å². The van der Waals surface area contributed by atoms with Crippen LogP contribution in [0.3, 0.4) is 0 Å². The van der Waals surface area contributed by atoms with Crippen LogP contribution >= 0.6 is 0 Å². The average Bonchev–Trinajstić information content (AvgIpc) is 2.51. The molecule has 0 radical (unpaired) electrons. The Bertz CT molecular complexity index is 308. The zero-order valence-electron chi connectivity index (χ0n) is 8.45. The summed E-state index contributed by atoms with van der Waals surface area (Å²) in [5, 5.41) is 0. The van der Waals surface area contributed by atoms with E-state index in [4.69, 9.17) is 10.7 Å². The number of fused-ring (bicyclic) bond motifs is 3. The van der Waals surface area contributed by atoms with E-state index in [2.05, 4.69) is 4.99 Å². The van der Waals surface area contributed by atoms with Crippen LogP contribution < -0.4 is 5.73 Å². The Kier molecular flexibility index (Phi) is 1.78. The summed E-state index contributed by atoms with van der Waals surface area (Å²) < 4.78 is 0. The Morgan fingerprint density at radius 3 is 3.29 bits per heavy atom. The quantitative estimate of drug-likeness (QED) is 0.614. The normalized spacial score (nSPS) is 45.6. The van der Waals surface area contributed by atoms with Gasteiger partial charge in [0.15, 0.2) is 0 Å². The van der Waals surface area contributed by atoms with Crippen LogP contribution in [0.1, 0.15) is 32.1 Å². The number of aliphatic imine (C=N–C) groups is 2. The third-order valence-corrected chi connectivity index (χ3v) is 3.99. The van der Waals surface area contributed by atoms with Crippen molar-refractivity contribution in [3.8, 4) is 0 Å². The Morgan fingerprint density at radius 1 is 1.43 bits per heavy atom. The van der Waals surface area contributed by atoms with E-state index >= 15 is 0 Å². The third-order valence-electron chi connectivity index (χ3n) is 3.99. The summed E-state index contributed by atoms with van der Waals surface area (Å²) in [4.78, 5) is 9.16. The van der Waals surface area contributed by atoms with Crippen molar-refractivity contribution in [1.82, 2.24) is 0 Å². The Morgan fingerprint density at radius 2 is 2.36 bits per heavy atom. The zero-order valence-corrected chi connectivity index (χ0v) is 8.45. The zero-order chi connectivity index (χ0) is 9.60. The van der Waals surface area contributed by atoms with E-state index in [9.17, 15) is 0 Å². The first kappa shape index (κ1) is 8.60. The second-order valence-corrected chi connectivity index (χ2v) is 4.81. The van der Waals surface area contributed by atoms with Crippen LogP contribution in [0.25, 0.3) is 0 Å². The molecule has 0 saturated heterocycles. The molecule has 2 heterocycles. The van der Waals surface area contributed by atoms with Gasteiger partial charge in [-0.25, -0.2) is 0 Å². The number of hydrogen-bond donors (Lipinski definition) is 1. The Labute approximate surface area is 84.5 Å². The van der Waals surface area contributed by atoms with Gasteiger partial charge in [-0.3, -0.25) is 9.98 Å². The second kappa shape index (κ2) is 2.89. The Hall–Kier alpha value is -0.700. The molecule has 1 fully saturated rings. The molecule has 1 aliphatic carbocycles. The maximum absolute atomic E-state index is 6.49. The van der Waals surface area contributed by atoms with Crippen LogP contribution in [0.2, 0.25) is 0 Å². The lowest BCUT2D eigenvalue weighted by Gasteiger charge is -2.38. The molecule has 3 unspecified atom stereocenters. The lowest BCUT2D eigenvalue weighted by molar-refractivity contribution is 0.286. The molecule has 3 atom stereocenters. The minimum Gasteiger partial charge on any atom is -0.321 e. The van der Waals surface area contributed by atoms with Crippen molar-refractivity contribution < 1.29 is 0 Å². The first-order valence-corrected chi connectivity index (χ1v) is 5.64. The van der Waals surface area contributed by atoms with E-state index in [0.29, 0.717) is 12.0 Å². The molecule has 0 amide bonds. The van der Waals surface area contributed by atoms with Crippen molar-refractivity contribution in [2.75, 3.05) is 6.54 Å². The minimum atomic E-state index is -0.121. The highest BCUT2D eigenvalue weighted by Gasteiger charge is 2.50. The lowest BCUT2D eigenvalue weighted by Crippen LogP contribution is -2.58. The van der Waals surface area contributed by atoms with E-state index in [1.165, 1.54) is 31.4 Å². The van der Waals surface area contributed by atoms with Gasteiger partial charge in [0.25, 0.3) is 0 Å². The molecule has 0 aromatic carbocycles. The van der Waals surface area contributed by atoms with Crippen LogP contribution in [0.4, 0.5) is 0 Å². The smallest absolute Gasteiger partial charge is 0.0752 e. The summed E-state index contributed by atoms with van der Waals surface area (Å²) in [5.74, 6) is 0.540. The third kappa shape index (κ3) is 1.02. The molecule has 0 bridgehead atoms. The molecular formula is C11H17N3. The van der Waals surface area contributed by atoms with Crippen LogP contribution in [-0.2, 0) is 0 Å². The van der Waals surface area contributed by atoms with Gasteiger partial charge in [0, 0.05) is 24.3 Å². The number of rotatable bonds is 0. The van der Waals surface area contributed by atoms with Crippen LogP contribution in [0.15, 0.2) is 9.98 Å². The molecule has 2 N–H and O–H groups in total. The van der Waals surface area contributed by atoms with Gasteiger partial charge >= 0.3 is 0 Å². The van der Waals surface area contributed by atoms with Gasteiger partial charge < -0.3 is 5.73 Å². The van der Waals surface area contributed by atoms with Crippen molar-refractivity contribution in [3.05, 3.63) is 0 Å². The first-order valence-electron chi connectivity index (χ1n) is 5.64. The molecule has 3 rings (SSSR count). The van der Waals surface area contributed by atoms with E-state index in [-0.39, 0.29) is 5.54 Å². The molecule has 76 valence electrons. The van der Waals surface area contributed by atoms with Crippen LogP contribution in [0, 0.1) is 5.92 Å². The van der Waals surface area contributed by atoms with Crippen molar-refractivity contribution >= 4 is 11.9 Å². The van der Waals surface area contributed by atoms with E-state index in [0.717, 1.165) is 13.0 Å². The van der Waals surface area contributed by atoms with Gasteiger partial charge in [-0.2, -0.15) is 0 Å². The molecule has 3 nitrogen and oxygen atoms in total. The summed E-state index contributed by atoms with van der Waals surface area (Å²) >= 11 is 0. The van der Waals surface area contributed by atoms with E-state index in [1.807, 2.05) is 6.21 Å². The largest absolute Gasteiger partial charge is 0.321 e. The second-order valence-electron chi connectivity index (χ2n) is 4.81. The van der Waals surface area contributed by atoms with Gasteiger partial charge in [-0.1, -0.05) is 6.42 Å². The van der Waals surface area contributed by atoms with Gasteiger partial charge in [0.1, 0.15) is 0 Å². The maximum Gasteiger partial charge on any atom is 0.0752 e. The predicted octanol–water partition coefficient (Wildman–Crippen LogP) is 1.17. The highest BCUT2D eigenvalue weighted by Crippen LogP contribution is 2.40. The van der Waals surface area contributed by atoms with E-state index < -0.39 is 0 Å². The molecule has 0 aromatic heterocycles. The lowest BCUT2D eigenvalue weighted by atomic mass is 9.72. The van der Waals surface area contributed by atoms with Crippen molar-refractivity contribution in [3.63, 3.8) is 0 Å². The molecule has 14 heavy (non-hydrogen) atoms. The highest BCUT2D eigenvalue weighted by molar-refractivity contribution is 5.91. The SMILES string of the molecule is NC12CN=CCC1N=C1CCCCC12. The van der Waals surface area contributed by atoms with Crippen molar-refractivity contribution in [2.45, 2.75) is 43.7 Å². The van der Waals surface area contributed by atoms with Gasteiger partial charge in [-0.05, 0) is 19.3 Å². The monoisotopic (exact) mass is 191 g/mol. The van der Waals surface area contributed by atoms with E-state index in [1.54, 1.807) is 0 Å². The number of hydrogen-bond acceptors (Lipinski definition) is 3. The van der Waals surface area contributed by atoms with Crippen molar-refractivity contribution in [1.29, 1.82) is 0 Å². The fourth-order valence-electron chi connectivity index (χ4n) is 3.17. The molecule has 0 spiro atoms. The van der Waals surface area contributed by atoms with Crippen LogP contribution in [0.5, 0.6) is 0 Å². The van der Waals surface area contributed by atoms with Gasteiger partial charge in [0.05, 0.1) is 18.1 Å². The Balaban J connectivity index is 1.95. The summed E-state index contributed by atoms with van der Waals surface area (Å²) in [6.45, 7) is 0.787. The summed E-state index contributed by atoms with van der Waals surface area (Å²) in [6.07, 6.45) is 7.99. The predicted molar refractivity (Wildman–Crippen MR) is 58.1 cm³/mol. The average molecular weight is 191 g/mol. The molecule has 1 saturated carbocycles. The summed E-state index contributed by atoms with van der Waals surface area (Å²) in [7, 11) is 0. The summed E-state index contributed by atoms with van der Waals surface area (Å²) in [6, 6.07) is 0.332. The first-order chi connectivity index (χ1) is 6.81. The maximum atomic E-state index is 6.49. The molecule has 3 aliphatic rings. The fraction of sp³-hybridized carbons (Fsp3) is 0.818. The summed E-state index contributed by atoms with van der Waals surface area (Å²) in [5.41, 5.74) is 7.77. The molecular weight excluding hydrogens is 174 g/mol. The molecule has 2 aliphatic heterocycles. The van der Waals surface area contributed by atoms with Gasteiger partial charge in [0.2, 0.25) is 0 Å². The van der Waals surface area contributed by atoms with Crippen molar-refractivity contribution in [2.24, 2.45) is 21.6 Å². The number of nitrogens with zero attached hydrogens (tertiary/aromatic N) is 2. The standard InChI is InChI=1S/C11H17N3/c12-11-7-13-6-5-10(11)14-9-4-2-1-3-8(9)11/h6,8,10H,1-5,7,12H2. The minimum absolute atomic E-state index is 0.121. The highest BCUT2D eigenvalue weighted by atomic mass is 15.0. The number of nitrogens with two attached hydrogens (primary N) is 1. The fourth-order valence-corrected chi connectivity index (χ4v) is 3.17. The molecule has 0 aromatic rings. The van der Waals surface area contributed by atoms with Crippen LogP contribution in [-0.4, -0.2) is 30.1 Å². The molecule has 3 heteroatoms.